The Labute approximate surface area is 194 Å². The van der Waals surface area contributed by atoms with Crippen LogP contribution in [0, 0.1) is 64.1 Å². The molecule has 0 unspecified atom stereocenters. The Morgan fingerprint density at radius 3 is 2.13 bits per heavy atom. The molecular formula is C30H54O. The van der Waals surface area contributed by atoms with Crippen molar-refractivity contribution in [1.29, 1.82) is 0 Å². The summed E-state index contributed by atoms with van der Waals surface area (Å²) < 4.78 is 0. The van der Waals surface area contributed by atoms with Crippen LogP contribution in [0.1, 0.15) is 119 Å². The molecule has 1 heteroatoms. The van der Waals surface area contributed by atoms with Crippen LogP contribution in [0.15, 0.2) is 0 Å². The Morgan fingerprint density at radius 2 is 1.45 bits per heavy atom. The van der Waals surface area contributed by atoms with E-state index in [1.807, 2.05) is 0 Å². The lowest BCUT2D eigenvalue weighted by atomic mass is 9.43. The summed E-state index contributed by atoms with van der Waals surface area (Å²) in [4.78, 5) is 0. The average molecular weight is 431 g/mol. The summed E-state index contributed by atoms with van der Waals surface area (Å²) in [5.41, 5.74) is 1.10. The zero-order chi connectivity index (χ0) is 22.6. The van der Waals surface area contributed by atoms with Crippen LogP contribution in [-0.2, 0) is 0 Å². The molecule has 0 radical (unpaired) electrons. The van der Waals surface area contributed by atoms with E-state index in [1.54, 1.807) is 0 Å². The van der Waals surface area contributed by atoms with E-state index in [0.717, 1.165) is 53.8 Å². The van der Waals surface area contributed by atoms with Crippen molar-refractivity contribution in [2.24, 2.45) is 64.1 Å². The van der Waals surface area contributed by atoms with Crippen LogP contribution in [0.2, 0.25) is 0 Å². The average Bonchev–Trinajstić information content (AvgIpc) is 3.08. The number of fused-ring (bicyclic) bond motifs is 5. The highest BCUT2D eigenvalue weighted by Gasteiger charge is 2.61. The second-order valence-electron chi connectivity index (χ2n) is 13.7. The van der Waals surface area contributed by atoms with Crippen LogP contribution < -0.4 is 0 Å². The summed E-state index contributed by atoms with van der Waals surface area (Å²) in [6.45, 7) is 17.6. The smallest absolute Gasteiger partial charge is 0.0568 e. The Bertz CT molecular complexity index is 612. The van der Waals surface area contributed by atoms with E-state index in [2.05, 4.69) is 48.5 Å². The molecule has 0 heterocycles. The van der Waals surface area contributed by atoms with Gasteiger partial charge in [-0.15, -0.1) is 0 Å². The van der Waals surface area contributed by atoms with Crippen LogP contribution in [0.25, 0.3) is 0 Å². The van der Waals surface area contributed by atoms with Gasteiger partial charge in [0.15, 0.2) is 0 Å². The maximum Gasteiger partial charge on any atom is 0.0568 e. The molecule has 0 aromatic rings. The highest BCUT2D eigenvalue weighted by atomic mass is 16.3. The van der Waals surface area contributed by atoms with E-state index in [-0.39, 0.29) is 6.10 Å². The first-order chi connectivity index (χ1) is 14.6. The molecule has 4 fully saturated rings. The third-order valence-electron chi connectivity index (χ3n) is 12.4. The van der Waals surface area contributed by atoms with Crippen LogP contribution in [0.5, 0.6) is 0 Å². The monoisotopic (exact) mass is 430 g/mol. The lowest BCUT2D eigenvalue weighted by Crippen LogP contribution is -2.56. The second-order valence-corrected chi connectivity index (χ2v) is 13.7. The van der Waals surface area contributed by atoms with Crippen LogP contribution in [-0.4, -0.2) is 11.2 Å². The molecule has 4 rings (SSSR count). The SMILES string of the molecule is CC[C@H](CC[C@@H](C)[C@H]1CC[C@H]2[C@@H]3CC[C@@H]4[C@H](C)[C@@H](O)CC[C@]4(C)[C@H]3CC[C@]12C)C(C)C. The van der Waals surface area contributed by atoms with Crippen LogP contribution in [0.3, 0.4) is 0 Å². The van der Waals surface area contributed by atoms with Crippen molar-refractivity contribution in [2.45, 2.75) is 125 Å². The highest BCUT2D eigenvalue weighted by Crippen LogP contribution is 2.69. The third-order valence-corrected chi connectivity index (χ3v) is 12.4. The topological polar surface area (TPSA) is 20.2 Å². The van der Waals surface area contributed by atoms with Crippen molar-refractivity contribution >= 4 is 0 Å². The van der Waals surface area contributed by atoms with E-state index in [9.17, 15) is 5.11 Å². The molecule has 11 atom stereocenters. The number of aliphatic hydroxyl groups is 1. The van der Waals surface area contributed by atoms with Gasteiger partial charge in [-0.25, -0.2) is 0 Å². The fourth-order valence-corrected chi connectivity index (χ4v) is 10.4. The van der Waals surface area contributed by atoms with Gasteiger partial charge in [0.05, 0.1) is 6.10 Å². The molecule has 0 aliphatic heterocycles. The first-order valence-electron chi connectivity index (χ1n) is 14.3. The van der Waals surface area contributed by atoms with Gasteiger partial charge < -0.3 is 5.11 Å². The van der Waals surface area contributed by atoms with Gasteiger partial charge in [0.25, 0.3) is 0 Å². The zero-order valence-electron chi connectivity index (χ0n) is 22.0. The molecule has 4 aliphatic rings. The van der Waals surface area contributed by atoms with Crippen molar-refractivity contribution in [3.8, 4) is 0 Å². The van der Waals surface area contributed by atoms with Gasteiger partial charge in [-0.1, -0.05) is 61.3 Å². The van der Waals surface area contributed by atoms with Crippen molar-refractivity contribution in [2.75, 3.05) is 0 Å². The minimum absolute atomic E-state index is 0.0435. The minimum atomic E-state index is -0.0435. The predicted octanol–water partition coefficient (Wildman–Crippen LogP) is 8.35. The Kier molecular flexibility index (Phi) is 6.96. The van der Waals surface area contributed by atoms with E-state index < -0.39 is 0 Å². The molecule has 31 heavy (non-hydrogen) atoms. The normalized spacial score (nSPS) is 49.3. The maximum absolute atomic E-state index is 10.6. The summed E-state index contributed by atoms with van der Waals surface area (Å²) in [6.07, 6.45) is 15.3. The summed E-state index contributed by atoms with van der Waals surface area (Å²) in [7, 11) is 0. The number of rotatable bonds is 6. The van der Waals surface area contributed by atoms with Gasteiger partial charge in [-0.2, -0.15) is 0 Å². The van der Waals surface area contributed by atoms with Crippen molar-refractivity contribution in [3.05, 3.63) is 0 Å². The largest absolute Gasteiger partial charge is 0.393 e. The molecular weight excluding hydrogens is 376 g/mol. The summed E-state index contributed by atoms with van der Waals surface area (Å²) in [6, 6.07) is 0. The predicted molar refractivity (Wildman–Crippen MR) is 133 cm³/mol. The van der Waals surface area contributed by atoms with Gasteiger partial charge in [-0.3, -0.25) is 0 Å². The highest BCUT2D eigenvalue weighted by molar-refractivity contribution is 5.10. The lowest BCUT2D eigenvalue weighted by Gasteiger charge is -2.62. The van der Waals surface area contributed by atoms with E-state index in [1.165, 1.54) is 64.2 Å². The van der Waals surface area contributed by atoms with Gasteiger partial charge in [0, 0.05) is 0 Å². The summed E-state index contributed by atoms with van der Waals surface area (Å²) >= 11 is 0. The van der Waals surface area contributed by atoms with Gasteiger partial charge in [0.1, 0.15) is 0 Å². The molecule has 0 amide bonds. The Balaban J connectivity index is 1.46. The molecule has 0 saturated heterocycles. The molecule has 4 aliphatic carbocycles. The van der Waals surface area contributed by atoms with Crippen molar-refractivity contribution in [3.63, 3.8) is 0 Å². The lowest BCUT2D eigenvalue weighted by molar-refractivity contribution is -0.149. The first kappa shape index (κ1) is 24.1. The molecule has 180 valence electrons. The molecule has 0 spiro atoms. The molecule has 1 N–H and O–H groups in total. The molecule has 4 saturated carbocycles. The maximum atomic E-state index is 10.6. The fourth-order valence-electron chi connectivity index (χ4n) is 10.4. The number of hydrogen-bond donors (Lipinski definition) is 1. The number of aliphatic hydroxyl groups excluding tert-OH is 1. The fraction of sp³-hybridized carbons (Fsp3) is 1.00. The van der Waals surface area contributed by atoms with E-state index in [4.69, 9.17) is 0 Å². The molecule has 0 bridgehead atoms. The quantitative estimate of drug-likeness (QED) is 0.449. The summed E-state index contributed by atoms with van der Waals surface area (Å²) in [5, 5.41) is 10.6. The summed E-state index contributed by atoms with van der Waals surface area (Å²) in [5.74, 6) is 7.77. The molecule has 0 aromatic carbocycles. The Morgan fingerprint density at radius 1 is 0.806 bits per heavy atom. The molecule has 1 nitrogen and oxygen atoms in total. The number of hydrogen-bond acceptors (Lipinski definition) is 1. The van der Waals surface area contributed by atoms with E-state index in [0.29, 0.717) is 16.7 Å². The molecule has 0 aromatic heterocycles. The van der Waals surface area contributed by atoms with Crippen LogP contribution >= 0.6 is 0 Å². The van der Waals surface area contributed by atoms with Crippen molar-refractivity contribution < 1.29 is 5.11 Å². The zero-order valence-corrected chi connectivity index (χ0v) is 22.0. The minimum Gasteiger partial charge on any atom is -0.393 e. The van der Waals surface area contributed by atoms with E-state index >= 15 is 0 Å². The van der Waals surface area contributed by atoms with Gasteiger partial charge in [-0.05, 0) is 122 Å². The second kappa shape index (κ2) is 8.96. The third kappa shape index (κ3) is 3.95. The van der Waals surface area contributed by atoms with Crippen LogP contribution in [0.4, 0.5) is 0 Å². The first-order valence-corrected chi connectivity index (χ1v) is 14.3. The van der Waals surface area contributed by atoms with Gasteiger partial charge in [0.2, 0.25) is 0 Å². The Hall–Kier alpha value is -0.0400. The standard InChI is InChI=1S/C30H54O/c1-8-22(19(2)3)10-9-20(4)24-13-14-26-23-11-12-25-21(5)28(31)16-18-30(25,7)27(23)15-17-29(24,26)6/h19-28,31H,8-18H2,1-7H3/t20-,21+,22-,23+,24-,25-,26+,27+,28+,29-,30+/m1/s1. The van der Waals surface area contributed by atoms with Gasteiger partial charge >= 0.3 is 0 Å². The van der Waals surface area contributed by atoms with Crippen molar-refractivity contribution in [1.82, 2.24) is 0 Å².